The van der Waals surface area contributed by atoms with E-state index in [1.54, 1.807) is 19.2 Å². The fourth-order valence-corrected chi connectivity index (χ4v) is 2.88. The Balaban J connectivity index is 2.17. The first kappa shape index (κ1) is 21.0. The third-order valence-corrected chi connectivity index (χ3v) is 4.13. The molecule has 2 rings (SSSR count). The number of carbonyl (C=O) groups excluding carboxylic acids is 1. The summed E-state index contributed by atoms with van der Waals surface area (Å²) in [4.78, 5) is 18.1. The molecule has 1 aromatic carbocycles. The number of hydrogen-bond acceptors (Lipinski definition) is 6. The Bertz CT molecular complexity index is 813. The van der Waals surface area contributed by atoms with Crippen LogP contribution in [0.4, 0.5) is 4.79 Å². The molecule has 0 aliphatic rings. The first-order valence-corrected chi connectivity index (χ1v) is 8.88. The molecule has 0 saturated carbocycles. The second-order valence-corrected chi connectivity index (χ2v) is 7.52. The minimum Gasteiger partial charge on any atom is -0.497 e. The van der Waals surface area contributed by atoms with Crippen LogP contribution in [0.15, 0.2) is 12.1 Å². The maximum absolute atomic E-state index is 12.0. The molecule has 1 amide bonds. The van der Waals surface area contributed by atoms with Crippen molar-refractivity contribution in [2.24, 2.45) is 0 Å². The lowest BCUT2D eigenvalue weighted by Crippen LogP contribution is -2.35. The van der Waals surface area contributed by atoms with E-state index in [0.717, 1.165) is 5.82 Å². The number of rotatable bonds is 6. The lowest BCUT2D eigenvalue weighted by Gasteiger charge is -2.24. The van der Waals surface area contributed by atoms with Crippen molar-refractivity contribution >= 4 is 29.7 Å². The van der Waals surface area contributed by atoms with E-state index >= 15 is 0 Å². The average molecular weight is 377 g/mol. The normalized spacial score (nSPS) is 11.6. The predicted molar refractivity (Wildman–Crippen MR) is 104 cm³/mol. The van der Waals surface area contributed by atoms with Crippen molar-refractivity contribution < 1.29 is 24.3 Å². The molecule has 0 saturated heterocycles. The molecule has 0 fully saturated rings. The summed E-state index contributed by atoms with van der Waals surface area (Å²) in [5.74, 6) is 1.26. The van der Waals surface area contributed by atoms with Gasteiger partial charge in [0, 0.05) is 31.7 Å². The molecule has 2 aromatic rings. The Hall–Kier alpha value is -2.26. The summed E-state index contributed by atoms with van der Waals surface area (Å²) in [6.07, 6.45) is 0.292. The maximum Gasteiger partial charge on any atom is 0.490 e. The summed E-state index contributed by atoms with van der Waals surface area (Å²) in [6, 6.07) is 3.36. The van der Waals surface area contributed by atoms with Crippen LogP contribution >= 0.6 is 0 Å². The van der Waals surface area contributed by atoms with Gasteiger partial charge in [0.25, 0.3) is 0 Å². The fraction of sp³-hybridized carbons (Fsp3) is 0.556. The number of imidazole rings is 1. The third-order valence-electron chi connectivity index (χ3n) is 4.13. The zero-order chi connectivity index (χ0) is 20.4. The van der Waals surface area contributed by atoms with Crippen molar-refractivity contribution in [2.75, 3.05) is 20.7 Å². The van der Waals surface area contributed by atoms with E-state index in [1.807, 2.05) is 32.3 Å². The molecule has 0 unspecified atom stereocenters. The molecule has 0 aliphatic heterocycles. The third kappa shape index (κ3) is 5.14. The van der Waals surface area contributed by atoms with Gasteiger partial charge in [-0.3, -0.25) is 0 Å². The van der Waals surface area contributed by atoms with E-state index in [-0.39, 0.29) is 6.09 Å². The molecule has 27 heavy (non-hydrogen) atoms. The number of nitrogens with zero attached hydrogens (tertiary/aromatic N) is 3. The molecule has 0 atom stereocenters. The zero-order valence-electron chi connectivity index (χ0n) is 16.8. The predicted octanol–water partition coefficient (Wildman–Crippen LogP) is 1.29. The largest absolute Gasteiger partial charge is 0.497 e. The Morgan fingerprint density at radius 3 is 2.56 bits per heavy atom. The number of carbonyl (C=O) groups is 1. The molecule has 148 valence electrons. The van der Waals surface area contributed by atoms with Crippen LogP contribution in [0.1, 0.15) is 33.0 Å². The van der Waals surface area contributed by atoms with Crippen molar-refractivity contribution in [3.05, 3.63) is 18.0 Å². The molecular formula is C18H28BN3O5. The van der Waals surface area contributed by atoms with Gasteiger partial charge in [-0.25, -0.2) is 9.78 Å². The van der Waals surface area contributed by atoms with Gasteiger partial charge in [-0.2, -0.15) is 0 Å². The van der Waals surface area contributed by atoms with Crippen LogP contribution in [0.3, 0.4) is 0 Å². The minimum atomic E-state index is -1.64. The van der Waals surface area contributed by atoms with E-state index < -0.39 is 12.7 Å². The number of fused-ring (bicyclic) bond motifs is 1. The van der Waals surface area contributed by atoms with E-state index in [9.17, 15) is 14.8 Å². The van der Waals surface area contributed by atoms with Crippen molar-refractivity contribution in [3.8, 4) is 5.75 Å². The molecular weight excluding hydrogens is 349 g/mol. The number of aromatic nitrogens is 2. The summed E-state index contributed by atoms with van der Waals surface area (Å²) < 4.78 is 12.5. The minimum absolute atomic E-state index is 0.338. The van der Waals surface area contributed by atoms with Crippen molar-refractivity contribution in [1.82, 2.24) is 14.5 Å². The molecule has 0 radical (unpaired) electrons. The highest BCUT2D eigenvalue weighted by atomic mass is 16.6. The van der Waals surface area contributed by atoms with Crippen LogP contribution in [0.5, 0.6) is 5.75 Å². The standard InChI is InChI=1S/C18H28BN3O5/c1-12-20-15-11-13(26-6)10-14(19(24)25)16(15)22(12)9-7-8-21(5)17(23)27-18(2,3)4/h10-11,24-25H,7-9H2,1-6H3. The second-order valence-electron chi connectivity index (χ2n) is 7.52. The summed E-state index contributed by atoms with van der Waals surface area (Å²) in [5.41, 5.74) is 1.09. The molecule has 2 N–H and O–H groups in total. The molecule has 1 aromatic heterocycles. The van der Waals surface area contributed by atoms with Gasteiger partial charge in [0.1, 0.15) is 17.2 Å². The van der Waals surface area contributed by atoms with Crippen LogP contribution in [0, 0.1) is 6.92 Å². The zero-order valence-corrected chi connectivity index (χ0v) is 16.8. The quantitative estimate of drug-likeness (QED) is 0.737. The average Bonchev–Trinajstić information content (AvgIpc) is 2.87. The molecule has 9 heteroatoms. The van der Waals surface area contributed by atoms with Gasteiger partial charge in [0.2, 0.25) is 0 Å². The molecule has 0 aliphatic carbocycles. The summed E-state index contributed by atoms with van der Waals surface area (Å²) >= 11 is 0. The van der Waals surface area contributed by atoms with Crippen molar-refractivity contribution in [2.45, 2.75) is 46.3 Å². The van der Waals surface area contributed by atoms with Crippen molar-refractivity contribution in [3.63, 3.8) is 0 Å². The first-order chi connectivity index (χ1) is 12.5. The van der Waals surface area contributed by atoms with Crippen molar-refractivity contribution in [1.29, 1.82) is 0 Å². The molecule has 1 heterocycles. The summed E-state index contributed by atoms with van der Waals surface area (Å²) in [7, 11) is 1.58. The van der Waals surface area contributed by atoms with Crippen LogP contribution in [0.25, 0.3) is 11.0 Å². The number of ether oxygens (including phenoxy) is 2. The maximum atomic E-state index is 12.0. The lowest BCUT2D eigenvalue weighted by atomic mass is 9.79. The van der Waals surface area contributed by atoms with Crippen LogP contribution in [0.2, 0.25) is 0 Å². The van der Waals surface area contributed by atoms with Crippen LogP contribution in [-0.2, 0) is 11.3 Å². The van der Waals surface area contributed by atoms with E-state index in [4.69, 9.17) is 9.47 Å². The van der Waals surface area contributed by atoms with Crippen LogP contribution < -0.4 is 10.2 Å². The Kier molecular flexibility index (Phi) is 6.38. The number of benzene rings is 1. The number of methoxy groups -OCH3 is 1. The van der Waals surface area contributed by atoms with E-state index in [1.165, 1.54) is 12.0 Å². The van der Waals surface area contributed by atoms with Crippen LogP contribution in [-0.4, -0.2) is 64.0 Å². The highest BCUT2D eigenvalue weighted by Crippen LogP contribution is 2.21. The van der Waals surface area contributed by atoms with Gasteiger partial charge in [0.05, 0.1) is 18.1 Å². The number of amides is 1. The van der Waals surface area contributed by atoms with Gasteiger partial charge < -0.3 is 29.0 Å². The van der Waals surface area contributed by atoms with E-state index in [2.05, 4.69) is 4.98 Å². The fourth-order valence-electron chi connectivity index (χ4n) is 2.88. The number of hydrogen-bond donors (Lipinski definition) is 2. The Morgan fingerprint density at radius 2 is 2.00 bits per heavy atom. The highest BCUT2D eigenvalue weighted by Gasteiger charge is 2.22. The highest BCUT2D eigenvalue weighted by molar-refractivity contribution is 6.61. The van der Waals surface area contributed by atoms with Gasteiger partial charge >= 0.3 is 13.2 Å². The van der Waals surface area contributed by atoms with Gasteiger partial charge in [-0.05, 0) is 40.2 Å². The molecule has 0 spiro atoms. The Labute approximate surface area is 159 Å². The van der Waals surface area contributed by atoms with Gasteiger partial charge in [0.15, 0.2) is 0 Å². The Morgan fingerprint density at radius 1 is 1.33 bits per heavy atom. The number of aryl methyl sites for hydroxylation is 2. The molecule has 0 bridgehead atoms. The first-order valence-electron chi connectivity index (χ1n) is 8.88. The SMILES string of the molecule is COc1cc(B(O)O)c2c(c1)nc(C)n2CCCN(C)C(=O)OC(C)(C)C. The lowest BCUT2D eigenvalue weighted by molar-refractivity contribution is 0.0295. The topological polar surface area (TPSA) is 97.0 Å². The summed E-state index contributed by atoms with van der Waals surface area (Å²) in [6.45, 7) is 8.42. The van der Waals surface area contributed by atoms with Gasteiger partial charge in [-0.1, -0.05) is 0 Å². The monoisotopic (exact) mass is 377 g/mol. The smallest absolute Gasteiger partial charge is 0.490 e. The van der Waals surface area contributed by atoms with E-state index in [0.29, 0.717) is 41.8 Å². The molecule has 8 nitrogen and oxygen atoms in total. The second kappa shape index (κ2) is 8.18. The summed E-state index contributed by atoms with van der Waals surface area (Å²) in [5, 5.41) is 19.5. The van der Waals surface area contributed by atoms with Gasteiger partial charge in [-0.15, -0.1) is 0 Å².